The van der Waals surface area contributed by atoms with E-state index < -0.39 is 0 Å². The fourth-order valence-corrected chi connectivity index (χ4v) is 2.22. The van der Waals surface area contributed by atoms with Crippen LogP contribution >= 0.6 is 0 Å². The van der Waals surface area contributed by atoms with Crippen molar-refractivity contribution in [1.29, 1.82) is 0 Å². The fraction of sp³-hybridized carbons (Fsp3) is 0.333. The largest absolute Gasteiger partial charge is 0.497 e. The Morgan fingerprint density at radius 2 is 2.05 bits per heavy atom. The summed E-state index contributed by atoms with van der Waals surface area (Å²) in [7, 11) is 1.71. The molecule has 1 aliphatic carbocycles. The SMILES string of the molecule is CCCCNC1C=CC(OC)=CC1=Cc1ccccc1. The van der Waals surface area contributed by atoms with Gasteiger partial charge in [0.25, 0.3) is 0 Å². The minimum atomic E-state index is 0.264. The van der Waals surface area contributed by atoms with Gasteiger partial charge < -0.3 is 10.1 Å². The lowest BCUT2D eigenvalue weighted by molar-refractivity contribution is 0.305. The van der Waals surface area contributed by atoms with Gasteiger partial charge in [0, 0.05) is 0 Å². The van der Waals surface area contributed by atoms with Gasteiger partial charge in [-0.25, -0.2) is 0 Å². The maximum absolute atomic E-state index is 5.34. The topological polar surface area (TPSA) is 21.3 Å². The molecular formula is C18H23NO. The first-order chi connectivity index (χ1) is 9.83. The molecule has 0 radical (unpaired) electrons. The smallest absolute Gasteiger partial charge is 0.118 e. The Morgan fingerprint density at radius 3 is 2.75 bits per heavy atom. The van der Waals surface area contributed by atoms with Gasteiger partial charge in [-0.1, -0.05) is 49.8 Å². The van der Waals surface area contributed by atoms with Crippen LogP contribution in [0.15, 0.2) is 59.9 Å². The van der Waals surface area contributed by atoms with Gasteiger partial charge in [0.05, 0.1) is 13.2 Å². The number of hydrogen-bond donors (Lipinski definition) is 1. The molecule has 0 amide bonds. The van der Waals surface area contributed by atoms with E-state index in [9.17, 15) is 0 Å². The van der Waals surface area contributed by atoms with Crippen molar-refractivity contribution in [2.75, 3.05) is 13.7 Å². The number of nitrogens with one attached hydrogen (secondary N) is 1. The van der Waals surface area contributed by atoms with Gasteiger partial charge in [-0.2, -0.15) is 0 Å². The van der Waals surface area contributed by atoms with Crippen LogP contribution in [-0.2, 0) is 4.74 Å². The average Bonchev–Trinajstić information content (AvgIpc) is 2.50. The minimum Gasteiger partial charge on any atom is -0.497 e. The van der Waals surface area contributed by atoms with Gasteiger partial charge in [-0.05, 0) is 42.3 Å². The van der Waals surface area contributed by atoms with E-state index in [1.807, 2.05) is 12.1 Å². The molecule has 0 fully saturated rings. The maximum Gasteiger partial charge on any atom is 0.118 e. The minimum absolute atomic E-state index is 0.264. The molecule has 0 bridgehead atoms. The first-order valence-electron chi connectivity index (χ1n) is 7.27. The Morgan fingerprint density at radius 1 is 1.25 bits per heavy atom. The number of hydrogen-bond acceptors (Lipinski definition) is 2. The summed E-state index contributed by atoms with van der Waals surface area (Å²) in [6.07, 6.45) is 10.9. The Bertz CT molecular complexity index is 499. The molecule has 0 saturated heterocycles. The van der Waals surface area contributed by atoms with Gasteiger partial charge in [0.2, 0.25) is 0 Å². The van der Waals surface area contributed by atoms with E-state index in [0.717, 1.165) is 12.3 Å². The standard InChI is InChI=1S/C18H23NO/c1-3-4-12-19-18-11-10-17(20-2)14-16(18)13-15-8-6-5-7-9-15/h5-11,13-14,18-19H,3-4,12H2,1-2H3. The van der Waals surface area contributed by atoms with Crippen molar-refractivity contribution >= 4 is 6.08 Å². The van der Waals surface area contributed by atoms with E-state index in [-0.39, 0.29) is 6.04 Å². The summed E-state index contributed by atoms with van der Waals surface area (Å²) < 4.78 is 5.34. The highest BCUT2D eigenvalue weighted by Gasteiger charge is 2.13. The monoisotopic (exact) mass is 269 g/mol. The molecule has 1 aromatic rings. The van der Waals surface area contributed by atoms with Crippen LogP contribution in [0.2, 0.25) is 0 Å². The van der Waals surface area contributed by atoms with Crippen LogP contribution in [0.3, 0.4) is 0 Å². The van der Waals surface area contributed by atoms with Gasteiger partial charge in [-0.15, -0.1) is 0 Å². The van der Waals surface area contributed by atoms with E-state index in [1.54, 1.807) is 7.11 Å². The van der Waals surface area contributed by atoms with Crippen molar-refractivity contribution < 1.29 is 4.74 Å². The van der Waals surface area contributed by atoms with E-state index in [2.05, 4.69) is 54.7 Å². The Hall–Kier alpha value is -1.80. The summed E-state index contributed by atoms with van der Waals surface area (Å²) >= 11 is 0. The second kappa shape index (κ2) is 7.71. The van der Waals surface area contributed by atoms with Crippen molar-refractivity contribution in [1.82, 2.24) is 5.32 Å². The highest BCUT2D eigenvalue weighted by atomic mass is 16.5. The van der Waals surface area contributed by atoms with Gasteiger partial charge in [0.1, 0.15) is 5.76 Å². The molecule has 1 aromatic carbocycles. The number of methoxy groups -OCH3 is 1. The van der Waals surface area contributed by atoms with E-state index >= 15 is 0 Å². The molecule has 1 N–H and O–H groups in total. The van der Waals surface area contributed by atoms with Crippen molar-refractivity contribution in [3.8, 4) is 0 Å². The number of unbranched alkanes of at least 4 members (excludes halogenated alkanes) is 1. The predicted octanol–water partition coefficient (Wildman–Crippen LogP) is 3.93. The molecule has 1 atom stereocenters. The van der Waals surface area contributed by atoms with Crippen LogP contribution in [0.1, 0.15) is 25.3 Å². The van der Waals surface area contributed by atoms with E-state index in [4.69, 9.17) is 4.74 Å². The normalized spacial score (nSPS) is 20.0. The third-order valence-corrected chi connectivity index (χ3v) is 3.38. The third-order valence-electron chi connectivity index (χ3n) is 3.38. The zero-order valence-corrected chi connectivity index (χ0v) is 12.3. The lowest BCUT2D eigenvalue weighted by Crippen LogP contribution is -2.30. The van der Waals surface area contributed by atoms with Crippen molar-refractivity contribution in [3.63, 3.8) is 0 Å². The number of ether oxygens (including phenoxy) is 1. The Balaban J connectivity index is 2.17. The first kappa shape index (κ1) is 14.6. The average molecular weight is 269 g/mol. The summed E-state index contributed by atoms with van der Waals surface area (Å²) in [5.41, 5.74) is 2.46. The summed E-state index contributed by atoms with van der Waals surface area (Å²) in [5, 5.41) is 3.58. The zero-order valence-electron chi connectivity index (χ0n) is 12.3. The number of benzene rings is 1. The molecule has 0 aliphatic heterocycles. The molecule has 2 nitrogen and oxygen atoms in total. The molecule has 0 heterocycles. The van der Waals surface area contributed by atoms with Gasteiger partial charge in [0.15, 0.2) is 0 Å². The maximum atomic E-state index is 5.34. The van der Waals surface area contributed by atoms with Crippen LogP contribution in [-0.4, -0.2) is 19.7 Å². The summed E-state index contributed by atoms with van der Waals surface area (Å²) in [4.78, 5) is 0. The predicted molar refractivity (Wildman–Crippen MR) is 85.3 cm³/mol. The Labute approximate surface area is 121 Å². The Kier molecular flexibility index (Phi) is 5.63. The van der Waals surface area contributed by atoms with Crippen molar-refractivity contribution in [3.05, 3.63) is 65.5 Å². The zero-order chi connectivity index (χ0) is 14.2. The summed E-state index contributed by atoms with van der Waals surface area (Å²) in [6.45, 7) is 3.25. The molecule has 20 heavy (non-hydrogen) atoms. The van der Waals surface area contributed by atoms with Crippen LogP contribution in [0, 0.1) is 0 Å². The highest BCUT2D eigenvalue weighted by Crippen LogP contribution is 2.20. The third kappa shape index (κ3) is 4.10. The number of rotatable bonds is 6. The second-order valence-corrected chi connectivity index (χ2v) is 4.95. The fourth-order valence-electron chi connectivity index (χ4n) is 2.22. The van der Waals surface area contributed by atoms with Crippen LogP contribution in [0.4, 0.5) is 0 Å². The molecule has 0 saturated carbocycles. The molecule has 2 rings (SSSR count). The lowest BCUT2D eigenvalue weighted by atomic mass is 9.98. The number of allylic oxidation sites excluding steroid dienone is 1. The molecule has 1 unspecified atom stereocenters. The second-order valence-electron chi connectivity index (χ2n) is 4.95. The first-order valence-corrected chi connectivity index (χ1v) is 7.27. The molecule has 0 spiro atoms. The van der Waals surface area contributed by atoms with Crippen LogP contribution in [0.25, 0.3) is 6.08 Å². The van der Waals surface area contributed by atoms with Crippen LogP contribution < -0.4 is 5.32 Å². The van der Waals surface area contributed by atoms with Gasteiger partial charge >= 0.3 is 0 Å². The van der Waals surface area contributed by atoms with E-state index in [1.165, 1.54) is 24.0 Å². The van der Waals surface area contributed by atoms with Crippen molar-refractivity contribution in [2.45, 2.75) is 25.8 Å². The molecule has 1 aliphatic rings. The van der Waals surface area contributed by atoms with Gasteiger partial charge in [-0.3, -0.25) is 0 Å². The molecular weight excluding hydrogens is 246 g/mol. The molecule has 0 aromatic heterocycles. The van der Waals surface area contributed by atoms with Crippen molar-refractivity contribution in [2.24, 2.45) is 0 Å². The van der Waals surface area contributed by atoms with E-state index in [0.29, 0.717) is 0 Å². The quantitative estimate of drug-likeness (QED) is 0.790. The van der Waals surface area contributed by atoms with Crippen LogP contribution in [0.5, 0.6) is 0 Å². The summed E-state index contributed by atoms with van der Waals surface area (Å²) in [5.74, 6) is 0.903. The lowest BCUT2D eigenvalue weighted by Gasteiger charge is -2.21. The molecule has 2 heteroatoms. The summed E-state index contributed by atoms with van der Waals surface area (Å²) in [6, 6.07) is 10.7. The molecule has 106 valence electrons. The highest BCUT2D eigenvalue weighted by molar-refractivity contribution is 5.60.